The van der Waals surface area contributed by atoms with E-state index in [1.807, 2.05) is 30.3 Å². The maximum Gasteiger partial charge on any atom is 0.323 e. The van der Waals surface area contributed by atoms with Crippen molar-refractivity contribution in [1.29, 1.82) is 0 Å². The predicted molar refractivity (Wildman–Crippen MR) is 67.1 cm³/mol. The second-order valence-electron chi connectivity index (χ2n) is 3.40. The molecule has 0 heterocycles. The predicted octanol–water partition coefficient (Wildman–Crippen LogP) is 1.71. The number of thioether (sulfide) groups is 1. The Labute approximate surface area is 105 Å². The molecule has 0 bridgehead atoms. The molecule has 0 radical (unpaired) electrons. The SMILES string of the molecule is CCN(CC(=O)O)C(=O)CSc1ccccc1. The van der Waals surface area contributed by atoms with Crippen molar-refractivity contribution < 1.29 is 14.7 Å². The summed E-state index contributed by atoms with van der Waals surface area (Å²) in [7, 11) is 0. The van der Waals surface area contributed by atoms with Crippen LogP contribution in [-0.4, -0.2) is 40.7 Å². The van der Waals surface area contributed by atoms with Crippen LogP contribution in [0.2, 0.25) is 0 Å². The lowest BCUT2D eigenvalue weighted by Crippen LogP contribution is -2.36. The smallest absolute Gasteiger partial charge is 0.323 e. The van der Waals surface area contributed by atoms with Crippen LogP contribution < -0.4 is 0 Å². The molecule has 0 aliphatic rings. The number of hydrogen-bond donors (Lipinski definition) is 1. The Morgan fingerprint density at radius 1 is 1.29 bits per heavy atom. The minimum Gasteiger partial charge on any atom is -0.480 e. The normalized spacial score (nSPS) is 9.94. The highest BCUT2D eigenvalue weighted by atomic mass is 32.2. The minimum absolute atomic E-state index is 0.149. The van der Waals surface area contributed by atoms with Crippen LogP contribution in [0.25, 0.3) is 0 Å². The average molecular weight is 253 g/mol. The number of amides is 1. The van der Waals surface area contributed by atoms with Gasteiger partial charge >= 0.3 is 5.97 Å². The summed E-state index contributed by atoms with van der Waals surface area (Å²) in [4.78, 5) is 24.6. The second kappa shape index (κ2) is 6.96. The van der Waals surface area contributed by atoms with Crippen LogP contribution in [0, 0.1) is 0 Å². The van der Waals surface area contributed by atoms with E-state index in [-0.39, 0.29) is 18.2 Å². The van der Waals surface area contributed by atoms with E-state index in [4.69, 9.17) is 5.11 Å². The Morgan fingerprint density at radius 3 is 2.47 bits per heavy atom. The molecule has 0 fully saturated rings. The Morgan fingerprint density at radius 2 is 1.94 bits per heavy atom. The Bertz CT molecular complexity index is 381. The number of benzene rings is 1. The lowest BCUT2D eigenvalue weighted by Gasteiger charge is -2.18. The van der Waals surface area contributed by atoms with E-state index in [0.717, 1.165) is 4.90 Å². The second-order valence-corrected chi connectivity index (χ2v) is 4.45. The maximum absolute atomic E-state index is 11.7. The summed E-state index contributed by atoms with van der Waals surface area (Å²) in [6.07, 6.45) is 0. The van der Waals surface area contributed by atoms with Crippen molar-refractivity contribution in [2.24, 2.45) is 0 Å². The fraction of sp³-hybridized carbons (Fsp3) is 0.333. The van der Waals surface area contributed by atoms with Gasteiger partial charge in [-0.05, 0) is 19.1 Å². The molecule has 4 nitrogen and oxygen atoms in total. The molecule has 1 N–H and O–H groups in total. The molecule has 0 aromatic heterocycles. The summed E-state index contributed by atoms with van der Waals surface area (Å²) in [5.41, 5.74) is 0. The Balaban J connectivity index is 2.45. The molecule has 0 unspecified atom stereocenters. The van der Waals surface area contributed by atoms with E-state index in [1.54, 1.807) is 6.92 Å². The van der Waals surface area contributed by atoms with Crippen molar-refractivity contribution >= 4 is 23.6 Å². The van der Waals surface area contributed by atoms with Gasteiger partial charge in [-0.2, -0.15) is 0 Å². The number of nitrogens with zero attached hydrogens (tertiary/aromatic N) is 1. The molecule has 1 aromatic carbocycles. The van der Waals surface area contributed by atoms with Gasteiger partial charge < -0.3 is 10.0 Å². The van der Waals surface area contributed by atoms with Crippen LogP contribution in [0.1, 0.15) is 6.92 Å². The van der Waals surface area contributed by atoms with Gasteiger partial charge in [-0.3, -0.25) is 9.59 Å². The van der Waals surface area contributed by atoms with Gasteiger partial charge in [0, 0.05) is 11.4 Å². The summed E-state index contributed by atoms with van der Waals surface area (Å²) in [5, 5.41) is 8.65. The number of likely N-dealkylation sites (N-methyl/N-ethyl adjacent to an activating group) is 1. The van der Waals surface area contributed by atoms with Crippen molar-refractivity contribution in [3.8, 4) is 0 Å². The highest BCUT2D eigenvalue weighted by molar-refractivity contribution is 8.00. The molecule has 0 aliphatic heterocycles. The summed E-state index contributed by atoms with van der Waals surface area (Å²) in [5.74, 6) is -0.862. The summed E-state index contributed by atoms with van der Waals surface area (Å²) in [6.45, 7) is 1.96. The van der Waals surface area contributed by atoms with E-state index in [1.165, 1.54) is 16.7 Å². The first kappa shape index (κ1) is 13.6. The Kier molecular flexibility index (Phi) is 5.56. The number of carbonyl (C=O) groups excluding carboxylic acids is 1. The van der Waals surface area contributed by atoms with Crippen molar-refractivity contribution in [3.05, 3.63) is 30.3 Å². The third-order valence-corrected chi connectivity index (χ3v) is 3.16. The monoisotopic (exact) mass is 253 g/mol. The maximum atomic E-state index is 11.7. The topological polar surface area (TPSA) is 57.6 Å². The average Bonchev–Trinajstić information content (AvgIpc) is 2.34. The molecule has 0 aliphatic carbocycles. The number of aliphatic carboxylic acids is 1. The van der Waals surface area contributed by atoms with Gasteiger partial charge in [0.15, 0.2) is 0 Å². The molecule has 1 amide bonds. The zero-order valence-corrected chi connectivity index (χ0v) is 10.4. The fourth-order valence-corrected chi connectivity index (χ4v) is 2.11. The molecule has 17 heavy (non-hydrogen) atoms. The quantitative estimate of drug-likeness (QED) is 0.784. The lowest BCUT2D eigenvalue weighted by molar-refractivity contribution is -0.143. The molecular formula is C12H15NO3S. The van der Waals surface area contributed by atoms with Crippen LogP contribution in [-0.2, 0) is 9.59 Å². The van der Waals surface area contributed by atoms with Crippen LogP contribution in [0.3, 0.4) is 0 Å². The molecule has 0 saturated carbocycles. The third kappa shape index (κ3) is 4.91. The number of rotatable bonds is 6. The van der Waals surface area contributed by atoms with Crippen molar-refractivity contribution in [2.45, 2.75) is 11.8 Å². The standard InChI is InChI=1S/C12H15NO3S/c1-2-13(8-12(15)16)11(14)9-17-10-6-4-3-5-7-10/h3-7H,2,8-9H2,1H3,(H,15,16). The van der Waals surface area contributed by atoms with Gasteiger partial charge in [0.1, 0.15) is 6.54 Å². The van der Waals surface area contributed by atoms with E-state index < -0.39 is 5.97 Å². The molecule has 0 atom stereocenters. The molecule has 0 spiro atoms. The van der Waals surface area contributed by atoms with E-state index in [9.17, 15) is 9.59 Å². The first-order valence-corrected chi connectivity index (χ1v) is 6.29. The highest BCUT2D eigenvalue weighted by Gasteiger charge is 2.14. The first-order valence-electron chi connectivity index (χ1n) is 5.31. The number of carboxylic acids is 1. The van der Waals surface area contributed by atoms with Crippen molar-refractivity contribution in [2.75, 3.05) is 18.8 Å². The molecule has 1 rings (SSSR count). The van der Waals surface area contributed by atoms with Gasteiger partial charge in [0.05, 0.1) is 5.75 Å². The fourth-order valence-electron chi connectivity index (χ4n) is 1.29. The van der Waals surface area contributed by atoms with Gasteiger partial charge in [0.2, 0.25) is 5.91 Å². The lowest BCUT2D eigenvalue weighted by atomic mass is 10.4. The zero-order chi connectivity index (χ0) is 12.7. The number of carboxylic acid groups (broad SMARTS) is 1. The van der Waals surface area contributed by atoms with Gasteiger partial charge in [-0.1, -0.05) is 18.2 Å². The van der Waals surface area contributed by atoms with Crippen molar-refractivity contribution in [1.82, 2.24) is 4.90 Å². The van der Waals surface area contributed by atoms with Gasteiger partial charge in [-0.25, -0.2) is 0 Å². The Hall–Kier alpha value is -1.49. The summed E-state index contributed by atoms with van der Waals surface area (Å²) in [6, 6.07) is 9.56. The van der Waals surface area contributed by atoms with Crippen molar-refractivity contribution in [3.63, 3.8) is 0 Å². The molecule has 1 aromatic rings. The molecule has 0 saturated heterocycles. The first-order chi connectivity index (χ1) is 8.13. The zero-order valence-electron chi connectivity index (χ0n) is 9.63. The van der Waals surface area contributed by atoms with Crippen LogP contribution in [0.5, 0.6) is 0 Å². The number of hydrogen-bond acceptors (Lipinski definition) is 3. The minimum atomic E-state index is -0.982. The summed E-state index contributed by atoms with van der Waals surface area (Å²) < 4.78 is 0. The highest BCUT2D eigenvalue weighted by Crippen LogP contribution is 2.17. The van der Waals surface area contributed by atoms with E-state index >= 15 is 0 Å². The molecule has 5 heteroatoms. The summed E-state index contributed by atoms with van der Waals surface area (Å²) >= 11 is 1.42. The van der Waals surface area contributed by atoms with Crippen LogP contribution in [0.4, 0.5) is 0 Å². The third-order valence-electron chi connectivity index (χ3n) is 2.17. The van der Waals surface area contributed by atoms with Gasteiger partial charge in [-0.15, -0.1) is 11.8 Å². The molecule has 92 valence electrons. The van der Waals surface area contributed by atoms with E-state index in [0.29, 0.717) is 6.54 Å². The van der Waals surface area contributed by atoms with Crippen LogP contribution >= 0.6 is 11.8 Å². The van der Waals surface area contributed by atoms with Gasteiger partial charge in [0.25, 0.3) is 0 Å². The number of carbonyl (C=O) groups is 2. The largest absolute Gasteiger partial charge is 0.480 e. The van der Waals surface area contributed by atoms with Crippen LogP contribution in [0.15, 0.2) is 35.2 Å². The van der Waals surface area contributed by atoms with E-state index in [2.05, 4.69) is 0 Å². The molecular weight excluding hydrogens is 238 g/mol.